The molecule has 2 N–H and O–H groups in total. The molecule has 0 aliphatic rings. The molecule has 2 aromatic rings. The van der Waals surface area contributed by atoms with Gasteiger partial charge in [-0.1, -0.05) is 39.2 Å². The van der Waals surface area contributed by atoms with Crippen LogP contribution < -0.4 is 5.73 Å². The summed E-state index contributed by atoms with van der Waals surface area (Å²) in [5.74, 6) is 0. The second-order valence-electron chi connectivity index (χ2n) is 5.84. The molecule has 1 atom stereocenters. The first-order valence-electron chi connectivity index (χ1n) is 8.08. The number of hydrogen-bond acceptors (Lipinski definition) is 1. The minimum absolute atomic E-state index is 0.281. The van der Waals surface area contributed by atoms with Gasteiger partial charge < -0.3 is 10.3 Å². The van der Waals surface area contributed by atoms with Crippen LogP contribution in [0.4, 0.5) is 0 Å². The Morgan fingerprint density at radius 2 is 1.95 bits per heavy atom. The predicted octanol–water partition coefficient (Wildman–Crippen LogP) is 4.50. The van der Waals surface area contributed by atoms with Gasteiger partial charge in [0, 0.05) is 24.3 Å². The van der Waals surface area contributed by atoms with Gasteiger partial charge in [0.2, 0.25) is 0 Å². The highest BCUT2D eigenvalue weighted by Crippen LogP contribution is 2.19. The number of aromatic nitrogens is 1. The van der Waals surface area contributed by atoms with Gasteiger partial charge in [0.25, 0.3) is 0 Å². The maximum Gasteiger partial charge on any atom is 0.0480 e. The van der Waals surface area contributed by atoms with Gasteiger partial charge in [0.1, 0.15) is 0 Å². The quantitative estimate of drug-likeness (QED) is 0.705. The number of nitrogens with two attached hydrogens (primary N) is 1. The van der Waals surface area contributed by atoms with E-state index in [2.05, 4.69) is 48.9 Å². The highest BCUT2D eigenvalue weighted by Gasteiger charge is 2.05. The zero-order valence-corrected chi connectivity index (χ0v) is 12.9. The maximum atomic E-state index is 6.04. The Morgan fingerprint density at radius 3 is 2.70 bits per heavy atom. The summed E-state index contributed by atoms with van der Waals surface area (Å²) in [7, 11) is 0. The first-order chi connectivity index (χ1) is 9.74. The Bertz CT molecular complexity index is 527. The Balaban J connectivity index is 2.04. The summed E-state index contributed by atoms with van der Waals surface area (Å²) in [5, 5.41) is 1.35. The van der Waals surface area contributed by atoms with E-state index in [0.717, 1.165) is 19.4 Å². The SMILES string of the molecule is CCCCCCn1ccc2cc(CC(N)CC)ccc21. The number of fused-ring (bicyclic) bond motifs is 1. The Morgan fingerprint density at radius 1 is 1.10 bits per heavy atom. The first kappa shape index (κ1) is 15.1. The van der Waals surface area contributed by atoms with Crippen molar-refractivity contribution < 1.29 is 0 Å². The molecule has 20 heavy (non-hydrogen) atoms. The number of benzene rings is 1. The third-order valence-electron chi connectivity index (χ3n) is 4.11. The molecule has 0 radical (unpaired) electrons. The molecule has 0 saturated heterocycles. The summed E-state index contributed by atoms with van der Waals surface area (Å²) in [6, 6.07) is 9.31. The average Bonchev–Trinajstić information content (AvgIpc) is 2.86. The third kappa shape index (κ3) is 3.86. The Kier molecular flexibility index (Phi) is 5.66. The number of aryl methyl sites for hydroxylation is 1. The van der Waals surface area contributed by atoms with Crippen molar-refractivity contribution in [2.45, 2.75) is 65.0 Å². The number of hydrogen-bond donors (Lipinski definition) is 1. The van der Waals surface area contributed by atoms with Crippen LogP contribution in [0, 0.1) is 0 Å². The van der Waals surface area contributed by atoms with Crippen LogP contribution in [0.1, 0.15) is 51.5 Å². The van der Waals surface area contributed by atoms with Crippen LogP contribution in [-0.2, 0) is 13.0 Å². The van der Waals surface area contributed by atoms with Crippen molar-refractivity contribution in [2.75, 3.05) is 0 Å². The molecule has 0 aliphatic carbocycles. The molecule has 0 amide bonds. The minimum atomic E-state index is 0.281. The van der Waals surface area contributed by atoms with Crippen molar-refractivity contribution in [1.29, 1.82) is 0 Å². The van der Waals surface area contributed by atoms with Crippen LogP contribution >= 0.6 is 0 Å². The van der Waals surface area contributed by atoms with Crippen molar-refractivity contribution in [3.8, 4) is 0 Å². The van der Waals surface area contributed by atoms with Gasteiger partial charge in [-0.25, -0.2) is 0 Å². The summed E-state index contributed by atoms with van der Waals surface area (Å²) in [4.78, 5) is 0. The van der Waals surface area contributed by atoms with Crippen LogP contribution in [0.2, 0.25) is 0 Å². The van der Waals surface area contributed by atoms with E-state index in [4.69, 9.17) is 5.73 Å². The molecule has 1 aromatic carbocycles. The first-order valence-corrected chi connectivity index (χ1v) is 8.08. The summed E-state index contributed by atoms with van der Waals surface area (Å²) in [6.45, 7) is 5.54. The average molecular weight is 272 g/mol. The van der Waals surface area contributed by atoms with Crippen molar-refractivity contribution in [1.82, 2.24) is 4.57 Å². The van der Waals surface area contributed by atoms with E-state index in [1.807, 2.05) is 0 Å². The standard InChI is InChI=1S/C18H28N2/c1-3-5-6-7-11-20-12-10-16-13-15(8-9-18(16)20)14-17(19)4-2/h8-10,12-13,17H,3-7,11,14,19H2,1-2H3. The zero-order valence-electron chi connectivity index (χ0n) is 12.9. The molecule has 1 unspecified atom stereocenters. The monoisotopic (exact) mass is 272 g/mol. The molecule has 1 heterocycles. The van der Waals surface area contributed by atoms with Crippen molar-refractivity contribution >= 4 is 10.9 Å². The van der Waals surface area contributed by atoms with Crippen LogP contribution in [0.25, 0.3) is 10.9 Å². The summed E-state index contributed by atoms with van der Waals surface area (Å²) >= 11 is 0. The van der Waals surface area contributed by atoms with Crippen LogP contribution in [0.3, 0.4) is 0 Å². The molecule has 0 spiro atoms. The van der Waals surface area contributed by atoms with Crippen LogP contribution in [-0.4, -0.2) is 10.6 Å². The fraction of sp³-hybridized carbons (Fsp3) is 0.556. The van der Waals surface area contributed by atoms with Gasteiger partial charge in [0.05, 0.1) is 0 Å². The molecule has 0 fully saturated rings. The molecule has 0 saturated carbocycles. The van der Waals surface area contributed by atoms with Gasteiger partial charge in [0.15, 0.2) is 0 Å². The molecule has 2 nitrogen and oxygen atoms in total. The second-order valence-corrected chi connectivity index (χ2v) is 5.84. The highest BCUT2D eigenvalue weighted by molar-refractivity contribution is 5.80. The number of rotatable bonds is 8. The lowest BCUT2D eigenvalue weighted by Crippen LogP contribution is -2.21. The summed E-state index contributed by atoms with van der Waals surface area (Å²) < 4.78 is 2.38. The Hall–Kier alpha value is -1.28. The maximum absolute atomic E-state index is 6.04. The minimum Gasteiger partial charge on any atom is -0.347 e. The molecular formula is C18H28N2. The summed E-state index contributed by atoms with van der Waals surface area (Å²) in [5.41, 5.74) is 8.76. The lowest BCUT2D eigenvalue weighted by Gasteiger charge is -2.09. The fourth-order valence-corrected chi connectivity index (χ4v) is 2.73. The van der Waals surface area contributed by atoms with Gasteiger partial charge in [-0.2, -0.15) is 0 Å². The predicted molar refractivity (Wildman–Crippen MR) is 88.1 cm³/mol. The van der Waals surface area contributed by atoms with Crippen molar-refractivity contribution in [2.24, 2.45) is 5.73 Å². The lowest BCUT2D eigenvalue weighted by molar-refractivity contribution is 0.593. The second kappa shape index (κ2) is 7.49. The molecular weight excluding hydrogens is 244 g/mol. The van der Waals surface area contributed by atoms with E-state index >= 15 is 0 Å². The largest absolute Gasteiger partial charge is 0.347 e. The van der Waals surface area contributed by atoms with E-state index in [0.29, 0.717) is 0 Å². The normalized spacial score (nSPS) is 12.9. The topological polar surface area (TPSA) is 30.9 Å². The van der Waals surface area contributed by atoms with Crippen molar-refractivity contribution in [3.63, 3.8) is 0 Å². The van der Waals surface area contributed by atoms with Gasteiger partial charge in [-0.05, 0) is 48.4 Å². The third-order valence-corrected chi connectivity index (χ3v) is 4.11. The smallest absolute Gasteiger partial charge is 0.0480 e. The zero-order chi connectivity index (χ0) is 14.4. The van der Waals surface area contributed by atoms with E-state index in [1.165, 1.54) is 42.1 Å². The number of nitrogens with zero attached hydrogens (tertiary/aromatic N) is 1. The molecule has 2 rings (SSSR count). The molecule has 0 bridgehead atoms. The van der Waals surface area contributed by atoms with Crippen molar-refractivity contribution in [3.05, 3.63) is 36.0 Å². The van der Waals surface area contributed by atoms with E-state index < -0.39 is 0 Å². The highest BCUT2D eigenvalue weighted by atomic mass is 14.9. The van der Waals surface area contributed by atoms with E-state index in [1.54, 1.807) is 0 Å². The Labute approximate surface area is 123 Å². The van der Waals surface area contributed by atoms with E-state index in [9.17, 15) is 0 Å². The van der Waals surface area contributed by atoms with Crippen LogP contribution in [0.5, 0.6) is 0 Å². The number of unbranched alkanes of at least 4 members (excludes halogenated alkanes) is 3. The lowest BCUT2D eigenvalue weighted by atomic mass is 10.0. The van der Waals surface area contributed by atoms with Gasteiger partial charge in [-0.15, -0.1) is 0 Å². The fourth-order valence-electron chi connectivity index (χ4n) is 2.73. The summed E-state index contributed by atoms with van der Waals surface area (Å²) in [6.07, 6.45) is 9.50. The van der Waals surface area contributed by atoms with Gasteiger partial charge in [-0.3, -0.25) is 0 Å². The van der Waals surface area contributed by atoms with Gasteiger partial charge >= 0.3 is 0 Å². The van der Waals surface area contributed by atoms with E-state index in [-0.39, 0.29) is 6.04 Å². The molecule has 110 valence electrons. The molecule has 0 aliphatic heterocycles. The molecule has 2 heteroatoms. The van der Waals surface area contributed by atoms with Crippen LogP contribution in [0.15, 0.2) is 30.5 Å². The molecule has 1 aromatic heterocycles.